The van der Waals surface area contributed by atoms with E-state index in [1.807, 2.05) is 0 Å². The van der Waals surface area contributed by atoms with Gasteiger partial charge in [0, 0.05) is 30.1 Å². The van der Waals surface area contributed by atoms with E-state index in [1.54, 1.807) is 36.5 Å². The van der Waals surface area contributed by atoms with Crippen LogP contribution in [0.3, 0.4) is 0 Å². The molecule has 0 aliphatic rings. The van der Waals surface area contributed by atoms with Gasteiger partial charge in [-0.3, -0.25) is 0 Å². The monoisotopic (exact) mass is 217 g/mol. The summed E-state index contributed by atoms with van der Waals surface area (Å²) in [6, 6.07) is 10.2. The van der Waals surface area contributed by atoms with Crippen LogP contribution in [-0.4, -0.2) is 4.98 Å². The fourth-order valence-electron chi connectivity index (χ4n) is 1.40. The van der Waals surface area contributed by atoms with Crippen molar-refractivity contribution in [3.63, 3.8) is 0 Å². The van der Waals surface area contributed by atoms with E-state index in [4.69, 9.17) is 5.73 Å². The Kier molecular flexibility index (Phi) is 3.00. The van der Waals surface area contributed by atoms with Gasteiger partial charge in [-0.15, -0.1) is 0 Å². The molecule has 0 bridgehead atoms. The maximum absolute atomic E-state index is 13.3. The smallest absolute Gasteiger partial charge is 0.128 e. The largest absolute Gasteiger partial charge is 0.384 e. The number of halogens is 1. The second-order valence-electron chi connectivity index (χ2n) is 3.41. The fourth-order valence-corrected chi connectivity index (χ4v) is 1.40. The molecule has 0 fully saturated rings. The summed E-state index contributed by atoms with van der Waals surface area (Å²) >= 11 is 0. The van der Waals surface area contributed by atoms with Crippen molar-refractivity contribution in [2.75, 3.05) is 11.1 Å². The van der Waals surface area contributed by atoms with Crippen LogP contribution in [0, 0.1) is 5.82 Å². The second-order valence-corrected chi connectivity index (χ2v) is 3.41. The Morgan fingerprint density at radius 3 is 2.81 bits per heavy atom. The van der Waals surface area contributed by atoms with Crippen LogP contribution in [0.2, 0.25) is 0 Å². The molecule has 0 atom stereocenters. The van der Waals surface area contributed by atoms with E-state index >= 15 is 0 Å². The molecule has 3 nitrogen and oxygen atoms in total. The summed E-state index contributed by atoms with van der Waals surface area (Å²) in [5.41, 5.74) is 6.98. The number of benzene rings is 1. The molecule has 0 radical (unpaired) electrons. The Bertz CT molecular complexity index is 485. The van der Waals surface area contributed by atoms with Crippen LogP contribution >= 0.6 is 0 Å². The highest BCUT2D eigenvalue weighted by atomic mass is 19.1. The first kappa shape index (κ1) is 10.4. The van der Waals surface area contributed by atoms with Crippen molar-refractivity contribution in [2.24, 2.45) is 0 Å². The van der Waals surface area contributed by atoms with Crippen LogP contribution in [0.25, 0.3) is 0 Å². The van der Waals surface area contributed by atoms with E-state index in [0.29, 0.717) is 17.9 Å². The average Bonchev–Trinajstić information content (AvgIpc) is 2.28. The molecule has 0 saturated carbocycles. The molecule has 2 rings (SSSR count). The molecule has 82 valence electrons. The SMILES string of the molecule is Nc1cc(NCc2ccccc2F)ccn1. The minimum Gasteiger partial charge on any atom is -0.384 e. The van der Waals surface area contributed by atoms with Crippen molar-refractivity contribution in [1.82, 2.24) is 4.98 Å². The lowest BCUT2D eigenvalue weighted by Crippen LogP contribution is -2.02. The van der Waals surface area contributed by atoms with Crippen LogP contribution in [0.4, 0.5) is 15.9 Å². The Balaban J connectivity index is 2.05. The van der Waals surface area contributed by atoms with Crippen molar-refractivity contribution in [1.29, 1.82) is 0 Å². The highest BCUT2D eigenvalue weighted by Gasteiger charge is 2.00. The van der Waals surface area contributed by atoms with Gasteiger partial charge in [0.2, 0.25) is 0 Å². The molecule has 0 spiro atoms. The van der Waals surface area contributed by atoms with Crippen molar-refractivity contribution in [3.8, 4) is 0 Å². The van der Waals surface area contributed by atoms with Crippen LogP contribution < -0.4 is 11.1 Å². The zero-order valence-corrected chi connectivity index (χ0v) is 8.65. The minimum absolute atomic E-state index is 0.211. The third kappa shape index (κ3) is 2.48. The third-order valence-corrected chi connectivity index (χ3v) is 2.22. The van der Waals surface area contributed by atoms with Crippen molar-refractivity contribution in [3.05, 3.63) is 54.0 Å². The number of rotatable bonds is 3. The second kappa shape index (κ2) is 4.61. The van der Waals surface area contributed by atoms with Crippen LogP contribution in [-0.2, 0) is 6.54 Å². The van der Waals surface area contributed by atoms with E-state index in [-0.39, 0.29) is 5.82 Å². The number of hydrogen-bond acceptors (Lipinski definition) is 3. The summed E-state index contributed by atoms with van der Waals surface area (Å²) in [7, 11) is 0. The average molecular weight is 217 g/mol. The molecule has 0 unspecified atom stereocenters. The van der Waals surface area contributed by atoms with Crippen LogP contribution in [0.5, 0.6) is 0 Å². The topological polar surface area (TPSA) is 50.9 Å². The molecule has 1 aromatic heterocycles. The van der Waals surface area contributed by atoms with Gasteiger partial charge in [-0.2, -0.15) is 0 Å². The summed E-state index contributed by atoms with van der Waals surface area (Å²) in [5.74, 6) is 0.232. The Labute approximate surface area is 93.1 Å². The zero-order chi connectivity index (χ0) is 11.4. The maximum atomic E-state index is 13.3. The summed E-state index contributed by atoms with van der Waals surface area (Å²) in [5, 5.41) is 3.08. The minimum atomic E-state index is -0.211. The molecule has 4 heteroatoms. The van der Waals surface area contributed by atoms with Crippen LogP contribution in [0.1, 0.15) is 5.56 Å². The van der Waals surface area contributed by atoms with E-state index in [1.165, 1.54) is 6.07 Å². The van der Waals surface area contributed by atoms with E-state index in [2.05, 4.69) is 10.3 Å². The molecular formula is C12H12FN3. The van der Waals surface area contributed by atoms with Gasteiger partial charge in [0.1, 0.15) is 11.6 Å². The number of pyridine rings is 1. The number of aromatic nitrogens is 1. The molecule has 0 aliphatic heterocycles. The van der Waals surface area contributed by atoms with Gasteiger partial charge in [-0.05, 0) is 12.1 Å². The number of hydrogen-bond donors (Lipinski definition) is 2. The molecule has 1 aromatic carbocycles. The summed E-state index contributed by atoms with van der Waals surface area (Å²) in [4.78, 5) is 3.88. The van der Waals surface area contributed by atoms with Gasteiger partial charge in [0.25, 0.3) is 0 Å². The summed E-state index contributed by atoms with van der Waals surface area (Å²) in [6.45, 7) is 0.427. The lowest BCUT2D eigenvalue weighted by atomic mass is 10.2. The van der Waals surface area contributed by atoms with Gasteiger partial charge in [-0.25, -0.2) is 9.37 Å². The first-order valence-electron chi connectivity index (χ1n) is 4.94. The van der Waals surface area contributed by atoms with Gasteiger partial charge < -0.3 is 11.1 Å². The molecule has 0 amide bonds. The maximum Gasteiger partial charge on any atom is 0.128 e. The predicted octanol–water partition coefficient (Wildman–Crippen LogP) is 2.42. The summed E-state index contributed by atoms with van der Waals surface area (Å²) in [6.07, 6.45) is 1.61. The molecule has 1 heterocycles. The Hall–Kier alpha value is -2.10. The fraction of sp³-hybridized carbons (Fsp3) is 0.0833. The highest BCUT2D eigenvalue weighted by Crippen LogP contribution is 2.12. The van der Waals surface area contributed by atoms with Crippen LogP contribution in [0.15, 0.2) is 42.6 Å². The molecule has 16 heavy (non-hydrogen) atoms. The van der Waals surface area contributed by atoms with Gasteiger partial charge in [0.15, 0.2) is 0 Å². The standard InChI is InChI=1S/C12H12FN3/c13-11-4-2-1-3-9(11)8-16-10-5-6-15-12(14)7-10/h1-7H,8H2,(H3,14,15,16). The summed E-state index contributed by atoms with van der Waals surface area (Å²) < 4.78 is 13.3. The molecular weight excluding hydrogens is 205 g/mol. The van der Waals surface area contributed by atoms with Crippen molar-refractivity contribution >= 4 is 11.5 Å². The van der Waals surface area contributed by atoms with Gasteiger partial charge in [-0.1, -0.05) is 18.2 Å². The molecule has 0 aliphatic carbocycles. The highest BCUT2D eigenvalue weighted by molar-refractivity contribution is 5.49. The quantitative estimate of drug-likeness (QED) is 0.830. The molecule has 3 N–H and O–H groups in total. The number of nitrogens with zero attached hydrogens (tertiary/aromatic N) is 1. The predicted molar refractivity (Wildman–Crippen MR) is 62.4 cm³/mol. The van der Waals surface area contributed by atoms with Gasteiger partial charge in [0.05, 0.1) is 0 Å². The third-order valence-electron chi connectivity index (χ3n) is 2.22. The number of nitrogens with two attached hydrogens (primary N) is 1. The van der Waals surface area contributed by atoms with E-state index in [0.717, 1.165) is 5.69 Å². The normalized spacial score (nSPS) is 10.1. The van der Waals surface area contributed by atoms with E-state index < -0.39 is 0 Å². The number of nitrogens with one attached hydrogen (secondary N) is 1. The first-order chi connectivity index (χ1) is 7.75. The van der Waals surface area contributed by atoms with Crippen molar-refractivity contribution < 1.29 is 4.39 Å². The number of anilines is 2. The molecule has 2 aromatic rings. The Morgan fingerprint density at radius 1 is 1.25 bits per heavy atom. The Morgan fingerprint density at radius 2 is 2.06 bits per heavy atom. The first-order valence-corrected chi connectivity index (χ1v) is 4.94. The lowest BCUT2D eigenvalue weighted by Gasteiger charge is -2.07. The van der Waals surface area contributed by atoms with Crippen molar-refractivity contribution in [2.45, 2.75) is 6.54 Å². The molecule has 0 saturated heterocycles. The lowest BCUT2D eigenvalue weighted by molar-refractivity contribution is 0.613. The van der Waals surface area contributed by atoms with E-state index in [9.17, 15) is 4.39 Å². The zero-order valence-electron chi connectivity index (χ0n) is 8.65. The number of nitrogen functional groups attached to an aromatic ring is 1. The van der Waals surface area contributed by atoms with Gasteiger partial charge >= 0.3 is 0 Å².